The quantitative estimate of drug-likeness (QED) is 0.297. The first-order valence-electron chi connectivity index (χ1n) is 13.1. The molecule has 5 rings (SSSR count). The molecule has 2 aromatic carbocycles. The lowest BCUT2D eigenvalue weighted by Gasteiger charge is -2.42. The van der Waals surface area contributed by atoms with Gasteiger partial charge in [0.25, 0.3) is 0 Å². The van der Waals surface area contributed by atoms with E-state index >= 15 is 0 Å². The van der Waals surface area contributed by atoms with Gasteiger partial charge in [-0.2, -0.15) is 5.26 Å². The van der Waals surface area contributed by atoms with Crippen molar-refractivity contribution in [3.05, 3.63) is 81.3 Å². The van der Waals surface area contributed by atoms with Gasteiger partial charge >= 0.3 is 0 Å². The first-order valence-corrected chi connectivity index (χ1v) is 15.3. The van der Waals surface area contributed by atoms with Gasteiger partial charge in [0, 0.05) is 22.7 Å². The van der Waals surface area contributed by atoms with E-state index in [1.54, 1.807) is 23.1 Å². The number of methoxy groups -OCH3 is 1. The van der Waals surface area contributed by atoms with Crippen molar-refractivity contribution in [1.29, 1.82) is 5.26 Å². The summed E-state index contributed by atoms with van der Waals surface area (Å²) < 4.78 is 5.83. The second-order valence-corrected chi connectivity index (χ2v) is 13.5. The fourth-order valence-electron chi connectivity index (χ4n) is 5.39. The monoisotopic (exact) mass is 620 g/mol. The summed E-state index contributed by atoms with van der Waals surface area (Å²) in [6, 6.07) is 15.0. The third kappa shape index (κ3) is 5.75. The largest absolute Gasteiger partial charge is 0.495 e. The number of hydrogen-bond acceptors (Lipinski definition) is 10. The van der Waals surface area contributed by atoms with Gasteiger partial charge in [0.2, 0.25) is 11.0 Å². The van der Waals surface area contributed by atoms with E-state index in [1.165, 1.54) is 30.2 Å². The number of allylic oxidation sites excluding steroid dienone is 3. The molecule has 0 saturated carbocycles. The molecule has 1 aliphatic carbocycles. The zero-order valence-corrected chi connectivity index (χ0v) is 25.9. The molecule has 0 bridgehead atoms. The van der Waals surface area contributed by atoms with Crippen LogP contribution in [0.15, 0.2) is 69.5 Å². The number of nitrogens with zero attached hydrogens (tertiary/aromatic N) is 4. The van der Waals surface area contributed by atoms with Crippen LogP contribution in [0.2, 0.25) is 5.02 Å². The van der Waals surface area contributed by atoms with Crippen LogP contribution in [0.1, 0.15) is 43.7 Å². The predicted molar refractivity (Wildman–Crippen MR) is 166 cm³/mol. The SMILES string of the molecule is COc1ccc(Cl)cc1NC(=O)CSc1nnc(N2C(N)=C(C#N)C(c3ccccc3C)C3=C2CC(C)(C)CC3=O)s1. The Balaban J connectivity index is 1.46. The average molecular weight is 621 g/mol. The number of nitriles is 1. The molecule has 216 valence electrons. The fraction of sp³-hybridized carbons (Fsp3) is 0.300. The van der Waals surface area contributed by atoms with Crippen molar-refractivity contribution in [1.82, 2.24) is 10.2 Å². The third-order valence-corrected chi connectivity index (χ3v) is 9.51. The lowest BCUT2D eigenvalue weighted by Crippen LogP contribution is -2.42. The maximum absolute atomic E-state index is 13.7. The number of carbonyl (C=O) groups excluding carboxylic acids is 2. The number of ketones is 1. The highest BCUT2D eigenvalue weighted by atomic mass is 35.5. The van der Waals surface area contributed by atoms with Gasteiger partial charge in [-0.05, 0) is 48.1 Å². The Morgan fingerprint density at radius 2 is 2.05 bits per heavy atom. The normalized spacial score (nSPS) is 18.0. The van der Waals surface area contributed by atoms with Gasteiger partial charge in [0.15, 0.2) is 10.1 Å². The average Bonchev–Trinajstić information content (AvgIpc) is 3.39. The van der Waals surface area contributed by atoms with Gasteiger partial charge in [-0.25, -0.2) is 0 Å². The molecule has 3 N–H and O–H groups in total. The minimum Gasteiger partial charge on any atom is -0.495 e. The van der Waals surface area contributed by atoms with Gasteiger partial charge in [-0.3, -0.25) is 14.5 Å². The Bertz CT molecular complexity index is 1690. The molecule has 0 spiro atoms. The molecule has 1 amide bonds. The molecule has 2 aliphatic rings. The van der Waals surface area contributed by atoms with Crippen molar-refractivity contribution in [2.24, 2.45) is 11.1 Å². The molecule has 9 nitrogen and oxygen atoms in total. The summed E-state index contributed by atoms with van der Waals surface area (Å²) in [5.74, 6) is -0.0456. The van der Waals surface area contributed by atoms with Crippen LogP contribution >= 0.6 is 34.7 Å². The minimum atomic E-state index is -0.556. The van der Waals surface area contributed by atoms with Crippen LogP contribution in [0.3, 0.4) is 0 Å². The predicted octanol–water partition coefficient (Wildman–Crippen LogP) is 6.18. The molecule has 1 aliphatic heterocycles. The van der Waals surface area contributed by atoms with E-state index in [0.717, 1.165) is 16.8 Å². The van der Waals surface area contributed by atoms with E-state index in [0.29, 0.717) is 49.9 Å². The van der Waals surface area contributed by atoms with Crippen molar-refractivity contribution in [2.75, 3.05) is 23.1 Å². The number of aromatic nitrogens is 2. The number of thioether (sulfide) groups is 1. The maximum atomic E-state index is 13.7. The van der Waals surface area contributed by atoms with E-state index < -0.39 is 5.92 Å². The molecule has 0 fully saturated rings. The van der Waals surface area contributed by atoms with E-state index in [-0.39, 0.29) is 28.7 Å². The zero-order chi connectivity index (χ0) is 30.2. The number of hydrogen-bond donors (Lipinski definition) is 2. The molecular weight excluding hydrogens is 592 g/mol. The molecule has 1 aromatic heterocycles. The number of rotatable bonds is 7. The molecular formula is C30H29ClN6O3S2. The summed E-state index contributed by atoms with van der Waals surface area (Å²) in [6.45, 7) is 6.06. The molecule has 1 atom stereocenters. The maximum Gasteiger partial charge on any atom is 0.234 e. The molecule has 2 heterocycles. The number of anilines is 2. The van der Waals surface area contributed by atoms with E-state index in [1.807, 2.05) is 45.0 Å². The Kier molecular flexibility index (Phi) is 8.32. The van der Waals surface area contributed by atoms with Crippen LogP contribution < -0.4 is 20.7 Å². The highest BCUT2D eigenvalue weighted by Gasteiger charge is 2.45. The van der Waals surface area contributed by atoms with Gasteiger partial charge in [0.05, 0.1) is 36.1 Å². The highest BCUT2D eigenvalue weighted by Crippen LogP contribution is 2.51. The Hall–Kier alpha value is -3.85. The number of aryl methyl sites for hydroxylation is 1. The number of benzene rings is 2. The van der Waals surface area contributed by atoms with Gasteiger partial charge in [0.1, 0.15) is 11.6 Å². The zero-order valence-electron chi connectivity index (χ0n) is 23.5. The van der Waals surface area contributed by atoms with E-state index in [9.17, 15) is 14.9 Å². The Labute approximate surface area is 257 Å². The van der Waals surface area contributed by atoms with Crippen LogP contribution in [0, 0.1) is 23.7 Å². The molecule has 1 unspecified atom stereocenters. The van der Waals surface area contributed by atoms with Crippen molar-refractivity contribution < 1.29 is 14.3 Å². The number of nitrogens with two attached hydrogens (primary N) is 1. The Morgan fingerprint density at radius 3 is 2.76 bits per heavy atom. The summed E-state index contributed by atoms with van der Waals surface area (Å²) in [5, 5.41) is 22.7. The van der Waals surface area contributed by atoms with Crippen molar-refractivity contribution in [3.8, 4) is 11.8 Å². The third-order valence-electron chi connectivity index (χ3n) is 7.23. The first kappa shape index (κ1) is 29.6. The lowest BCUT2D eigenvalue weighted by atomic mass is 9.68. The molecule has 0 saturated heterocycles. The summed E-state index contributed by atoms with van der Waals surface area (Å²) in [6.07, 6.45) is 0.937. The van der Waals surface area contributed by atoms with Gasteiger partial charge < -0.3 is 15.8 Å². The standard InChI is InChI=1S/C30H29ClN6O3S2/c1-16-7-5-6-8-18(16)25-19(14-32)27(33)37(21-12-30(2,3)13-22(38)26(21)25)28-35-36-29(42-28)41-15-24(39)34-20-11-17(31)9-10-23(20)40-4/h5-11,25H,12-13,15,33H2,1-4H3,(H,34,39). The molecule has 42 heavy (non-hydrogen) atoms. The molecule has 3 aromatic rings. The van der Waals surface area contributed by atoms with E-state index in [4.69, 9.17) is 22.1 Å². The second kappa shape index (κ2) is 11.8. The number of Topliss-reactive ketones (excluding diaryl/α,β-unsaturated/α-hetero) is 1. The van der Waals surface area contributed by atoms with Crippen LogP contribution in [-0.2, 0) is 9.59 Å². The number of halogens is 1. The molecule has 12 heteroatoms. The number of ether oxygens (including phenoxy) is 1. The Morgan fingerprint density at radius 1 is 1.29 bits per heavy atom. The fourth-order valence-corrected chi connectivity index (χ4v) is 7.24. The van der Waals surface area contributed by atoms with Crippen molar-refractivity contribution in [3.63, 3.8) is 0 Å². The number of nitrogens with one attached hydrogen (secondary N) is 1. The van der Waals surface area contributed by atoms with Gasteiger partial charge in [-0.15, -0.1) is 10.2 Å². The first-order chi connectivity index (χ1) is 20.0. The topological polar surface area (TPSA) is 134 Å². The van der Waals surface area contributed by atoms with Crippen LogP contribution in [-0.4, -0.2) is 34.8 Å². The smallest absolute Gasteiger partial charge is 0.234 e. The summed E-state index contributed by atoms with van der Waals surface area (Å²) >= 11 is 8.53. The lowest BCUT2D eigenvalue weighted by molar-refractivity contribution is -0.118. The minimum absolute atomic E-state index is 0.00742. The van der Waals surface area contributed by atoms with Crippen LogP contribution in [0.4, 0.5) is 10.8 Å². The van der Waals surface area contributed by atoms with Gasteiger partial charge in [-0.1, -0.05) is 72.8 Å². The van der Waals surface area contributed by atoms with Crippen LogP contribution in [0.25, 0.3) is 0 Å². The number of carbonyl (C=O) groups is 2. The van der Waals surface area contributed by atoms with E-state index in [2.05, 4.69) is 21.6 Å². The number of amides is 1. The summed E-state index contributed by atoms with van der Waals surface area (Å²) in [5.41, 5.74) is 10.4. The second-order valence-electron chi connectivity index (χ2n) is 10.9. The molecule has 0 radical (unpaired) electrons. The van der Waals surface area contributed by atoms with Crippen molar-refractivity contribution in [2.45, 2.75) is 43.9 Å². The van der Waals surface area contributed by atoms with Crippen molar-refractivity contribution >= 4 is 57.2 Å². The highest BCUT2D eigenvalue weighted by molar-refractivity contribution is 8.01. The summed E-state index contributed by atoms with van der Waals surface area (Å²) in [7, 11) is 1.51. The summed E-state index contributed by atoms with van der Waals surface area (Å²) in [4.78, 5) is 28.1. The van der Waals surface area contributed by atoms with Crippen LogP contribution in [0.5, 0.6) is 5.75 Å².